The molecule has 3 heterocycles. The van der Waals surface area contributed by atoms with Gasteiger partial charge in [-0.15, -0.1) is 10.2 Å². The number of carbonyl (C=O) groups excluding carboxylic acids is 1. The van der Waals surface area contributed by atoms with Gasteiger partial charge < -0.3 is 4.90 Å². The third kappa shape index (κ3) is 3.00. The first-order valence-electron chi connectivity index (χ1n) is 8.28. The van der Waals surface area contributed by atoms with E-state index in [4.69, 9.17) is 0 Å². The number of benzene rings is 1. The number of aromatic nitrogens is 5. The summed E-state index contributed by atoms with van der Waals surface area (Å²) in [6.45, 7) is 2.61. The van der Waals surface area contributed by atoms with Crippen LogP contribution in [-0.2, 0) is 0 Å². The lowest BCUT2D eigenvalue weighted by atomic mass is 10.1. The van der Waals surface area contributed by atoms with Crippen molar-refractivity contribution in [3.63, 3.8) is 0 Å². The van der Waals surface area contributed by atoms with Gasteiger partial charge in [0, 0.05) is 24.0 Å². The predicted octanol–water partition coefficient (Wildman–Crippen LogP) is 2.34. The molecule has 7 nitrogen and oxygen atoms in total. The Labute approximate surface area is 145 Å². The van der Waals surface area contributed by atoms with E-state index in [9.17, 15) is 4.79 Å². The van der Waals surface area contributed by atoms with Crippen LogP contribution >= 0.6 is 0 Å². The van der Waals surface area contributed by atoms with Gasteiger partial charge in [-0.25, -0.2) is 9.97 Å². The highest BCUT2D eigenvalue weighted by Gasteiger charge is 2.31. The van der Waals surface area contributed by atoms with Crippen LogP contribution in [0, 0.1) is 6.92 Å². The van der Waals surface area contributed by atoms with E-state index in [2.05, 4.69) is 20.2 Å². The first kappa shape index (κ1) is 15.4. The van der Waals surface area contributed by atoms with E-state index in [1.165, 1.54) is 0 Å². The van der Waals surface area contributed by atoms with Gasteiger partial charge in [0.05, 0.1) is 11.7 Å². The van der Waals surface area contributed by atoms with Crippen molar-refractivity contribution in [2.45, 2.75) is 25.8 Å². The first-order valence-corrected chi connectivity index (χ1v) is 8.28. The lowest BCUT2D eigenvalue weighted by molar-refractivity contribution is 0.0732. The number of likely N-dealkylation sites (tertiary alicyclic amines) is 1. The second-order valence-corrected chi connectivity index (χ2v) is 6.10. The maximum Gasteiger partial charge on any atom is 0.254 e. The number of carbonyl (C=O) groups is 1. The van der Waals surface area contributed by atoms with E-state index in [1.54, 1.807) is 23.4 Å². The van der Waals surface area contributed by atoms with Crippen LogP contribution in [-0.4, -0.2) is 42.1 Å². The lowest BCUT2D eigenvalue weighted by Crippen LogP contribution is -2.31. The van der Waals surface area contributed by atoms with Gasteiger partial charge in [-0.05, 0) is 44.0 Å². The minimum Gasteiger partial charge on any atom is -0.330 e. The van der Waals surface area contributed by atoms with Crippen molar-refractivity contribution in [3.8, 4) is 5.69 Å². The fourth-order valence-electron chi connectivity index (χ4n) is 3.28. The summed E-state index contributed by atoms with van der Waals surface area (Å²) in [5.74, 6) is 0.750. The van der Waals surface area contributed by atoms with Crippen molar-refractivity contribution >= 4 is 5.91 Å². The van der Waals surface area contributed by atoms with Crippen molar-refractivity contribution in [2.24, 2.45) is 0 Å². The summed E-state index contributed by atoms with van der Waals surface area (Å²) in [4.78, 5) is 23.7. The molecule has 0 radical (unpaired) electrons. The number of aryl methyl sites for hydroxylation is 1. The van der Waals surface area contributed by atoms with Gasteiger partial charge in [0.1, 0.15) is 18.5 Å². The van der Waals surface area contributed by atoms with E-state index in [0.717, 1.165) is 36.6 Å². The highest BCUT2D eigenvalue weighted by Crippen LogP contribution is 2.32. The molecule has 25 heavy (non-hydrogen) atoms. The summed E-state index contributed by atoms with van der Waals surface area (Å²) in [5.41, 5.74) is 2.43. The molecule has 1 atom stereocenters. The number of rotatable bonds is 3. The van der Waals surface area contributed by atoms with E-state index < -0.39 is 0 Å². The molecule has 1 aliphatic heterocycles. The Bertz CT molecular complexity index is 892. The summed E-state index contributed by atoms with van der Waals surface area (Å²) in [6, 6.07) is 9.42. The van der Waals surface area contributed by atoms with Crippen molar-refractivity contribution in [1.82, 2.24) is 29.6 Å². The average Bonchev–Trinajstić information content (AvgIpc) is 3.33. The van der Waals surface area contributed by atoms with Crippen LogP contribution in [0.15, 0.2) is 49.2 Å². The zero-order valence-electron chi connectivity index (χ0n) is 13.9. The molecule has 4 rings (SSSR count). The molecular weight excluding hydrogens is 316 g/mol. The molecule has 0 saturated carbocycles. The molecule has 1 fully saturated rings. The monoisotopic (exact) mass is 334 g/mol. The van der Waals surface area contributed by atoms with Crippen LogP contribution in [0.4, 0.5) is 0 Å². The molecule has 126 valence electrons. The quantitative estimate of drug-likeness (QED) is 0.735. The lowest BCUT2D eigenvalue weighted by Gasteiger charge is -2.24. The number of hydrogen-bond acceptors (Lipinski definition) is 5. The van der Waals surface area contributed by atoms with Gasteiger partial charge in [-0.1, -0.05) is 6.07 Å². The standard InChI is InChI=1S/C18H18N6O/c1-13-19-8-7-16(22-13)17-6-3-9-24(17)18(25)14-4-2-5-15(10-14)23-11-20-21-12-23/h2,4-5,7-8,10-12,17H,3,6,9H2,1H3/t17-/m0/s1. The van der Waals surface area contributed by atoms with Crippen LogP contribution in [0.5, 0.6) is 0 Å². The maximum absolute atomic E-state index is 13.1. The maximum atomic E-state index is 13.1. The number of amides is 1. The van der Waals surface area contributed by atoms with E-state index in [-0.39, 0.29) is 11.9 Å². The van der Waals surface area contributed by atoms with Crippen molar-refractivity contribution in [3.05, 3.63) is 66.3 Å². The molecule has 3 aromatic rings. The Morgan fingerprint density at radius 3 is 2.84 bits per heavy atom. The second-order valence-electron chi connectivity index (χ2n) is 6.10. The molecule has 1 amide bonds. The summed E-state index contributed by atoms with van der Waals surface area (Å²) in [5, 5.41) is 7.63. The molecule has 0 N–H and O–H groups in total. The molecule has 0 unspecified atom stereocenters. The Kier molecular flexibility index (Phi) is 3.97. The van der Waals surface area contributed by atoms with Crippen LogP contribution in [0.2, 0.25) is 0 Å². The smallest absolute Gasteiger partial charge is 0.254 e. The van der Waals surface area contributed by atoms with Gasteiger partial charge in [-0.3, -0.25) is 9.36 Å². The van der Waals surface area contributed by atoms with Gasteiger partial charge in [0.15, 0.2) is 0 Å². The summed E-state index contributed by atoms with van der Waals surface area (Å²) < 4.78 is 1.78. The Morgan fingerprint density at radius 2 is 2.04 bits per heavy atom. The van der Waals surface area contributed by atoms with Gasteiger partial charge in [0.2, 0.25) is 0 Å². The molecule has 1 saturated heterocycles. The van der Waals surface area contributed by atoms with Crippen molar-refractivity contribution < 1.29 is 4.79 Å². The van der Waals surface area contributed by atoms with E-state index in [0.29, 0.717) is 5.56 Å². The molecule has 1 aromatic carbocycles. The summed E-state index contributed by atoms with van der Waals surface area (Å²) >= 11 is 0. The minimum atomic E-state index is 0.00719. The largest absolute Gasteiger partial charge is 0.330 e. The number of nitrogens with zero attached hydrogens (tertiary/aromatic N) is 6. The highest BCUT2D eigenvalue weighted by atomic mass is 16.2. The molecule has 0 aliphatic carbocycles. The summed E-state index contributed by atoms with van der Waals surface area (Å²) in [6.07, 6.45) is 6.89. The fourth-order valence-corrected chi connectivity index (χ4v) is 3.28. The Hall–Kier alpha value is -3.09. The van der Waals surface area contributed by atoms with Gasteiger partial charge >= 0.3 is 0 Å². The number of hydrogen-bond donors (Lipinski definition) is 0. The zero-order valence-corrected chi connectivity index (χ0v) is 13.9. The third-order valence-corrected chi connectivity index (χ3v) is 4.46. The molecule has 0 bridgehead atoms. The average molecular weight is 334 g/mol. The second kappa shape index (κ2) is 6.43. The van der Waals surface area contributed by atoms with Crippen molar-refractivity contribution in [1.29, 1.82) is 0 Å². The minimum absolute atomic E-state index is 0.00719. The molecule has 1 aliphatic rings. The topological polar surface area (TPSA) is 76.8 Å². The van der Waals surface area contributed by atoms with E-state index in [1.807, 2.05) is 42.2 Å². The zero-order chi connectivity index (χ0) is 17.2. The third-order valence-electron chi connectivity index (χ3n) is 4.46. The van der Waals surface area contributed by atoms with Crippen LogP contribution in [0.25, 0.3) is 5.69 Å². The molecule has 2 aromatic heterocycles. The molecule has 7 heteroatoms. The van der Waals surface area contributed by atoms with Crippen LogP contribution < -0.4 is 0 Å². The van der Waals surface area contributed by atoms with Crippen molar-refractivity contribution in [2.75, 3.05) is 6.54 Å². The van der Waals surface area contributed by atoms with Gasteiger partial charge in [-0.2, -0.15) is 0 Å². The SMILES string of the molecule is Cc1nccc([C@@H]2CCCN2C(=O)c2cccc(-n3cnnc3)c2)n1. The molecule has 0 spiro atoms. The summed E-state index contributed by atoms with van der Waals surface area (Å²) in [7, 11) is 0. The van der Waals surface area contributed by atoms with Gasteiger partial charge in [0.25, 0.3) is 5.91 Å². The fraction of sp³-hybridized carbons (Fsp3) is 0.278. The van der Waals surface area contributed by atoms with E-state index >= 15 is 0 Å². The molecular formula is C18H18N6O. The Balaban J connectivity index is 1.63. The highest BCUT2D eigenvalue weighted by molar-refractivity contribution is 5.95. The first-order chi connectivity index (χ1) is 12.2. The Morgan fingerprint density at radius 1 is 1.20 bits per heavy atom. The van der Waals surface area contributed by atoms with Crippen LogP contribution in [0.3, 0.4) is 0 Å². The van der Waals surface area contributed by atoms with Crippen LogP contribution in [0.1, 0.15) is 40.8 Å². The normalized spacial score (nSPS) is 17.0. The predicted molar refractivity (Wildman–Crippen MR) is 91.1 cm³/mol.